The number of carbonyl (C=O) groups is 2. The lowest BCUT2D eigenvalue weighted by molar-refractivity contribution is -0.152. The van der Waals surface area contributed by atoms with Gasteiger partial charge in [-0.15, -0.1) is 0 Å². The third-order valence-corrected chi connectivity index (χ3v) is 6.71. The number of carboxylic acids is 1. The van der Waals surface area contributed by atoms with Gasteiger partial charge >= 0.3 is 5.97 Å². The third kappa shape index (κ3) is 2.40. The summed E-state index contributed by atoms with van der Waals surface area (Å²) in [5, 5.41) is 12.7. The van der Waals surface area contributed by atoms with Crippen LogP contribution >= 0.6 is 0 Å². The van der Waals surface area contributed by atoms with Crippen molar-refractivity contribution in [2.45, 2.75) is 55.9 Å². The van der Waals surface area contributed by atoms with Gasteiger partial charge < -0.3 is 15.2 Å². The Kier molecular flexibility index (Phi) is 3.87. The minimum Gasteiger partial charge on any atom is -0.480 e. The van der Waals surface area contributed by atoms with Crippen LogP contribution in [-0.4, -0.2) is 35.7 Å². The maximum atomic E-state index is 13.5. The molecule has 2 aliphatic carbocycles. The SMILES string of the molecule is O=C(O)C1(NC(=O)C2(c3ccccc3)CC23CCCC3)CCOCC1. The van der Waals surface area contributed by atoms with E-state index in [0.717, 1.165) is 37.7 Å². The molecule has 3 aliphatic rings. The number of hydrogen-bond donors (Lipinski definition) is 2. The summed E-state index contributed by atoms with van der Waals surface area (Å²) in [4.78, 5) is 25.4. The zero-order chi connectivity index (χ0) is 17.5. The molecular weight excluding hydrogens is 318 g/mol. The summed E-state index contributed by atoms with van der Waals surface area (Å²) in [5.74, 6) is -1.06. The van der Waals surface area contributed by atoms with Crippen LogP contribution in [0.5, 0.6) is 0 Å². The molecule has 1 amide bonds. The minimum absolute atomic E-state index is 0.0172. The van der Waals surface area contributed by atoms with Gasteiger partial charge in [-0.05, 0) is 30.2 Å². The highest BCUT2D eigenvalue weighted by atomic mass is 16.5. The van der Waals surface area contributed by atoms with E-state index in [2.05, 4.69) is 5.32 Å². The Hall–Kier alpha value is -1.88. The topological polar surface area (TPSA) is 75.6 Å². The van der Waals surface area contributed by atoms with E-state index < -0.39 is 16.9 Å². The zero-order valence-corrected chi connectivity index (χ0v) is 14.4. The van der Waals surface area contributed by atoms with Crippen molar-refractivity contribution in [3.8, 4) is 0 Å². The smallest absolute Gasteiger partial charge is 0.329 e. The number of benzene rings is 1. The van der Waals surface area contributed by atoms with Gasteiger partial charge in [0, 0.05) is 26.1 Å². The fourth-order valence-electron chi connectivity index (χ4n) is 5.14. The Morgan fingerprint density at radius 1 is 1.00 bits per heavy atom. The van der Waals surface area contributed by atoms with Crippen molar-refractivity contribution in [2.24, 2.45) is 5.41 Å². The van der Waals surface area contributed by atoms with Crippen LogP contribution in [0.15, 0.2) is 30.3 Å². The van der Waals surface area contributed by atoms with Gasteiger partial charge in [-0.25, -0.2) is 4.79 Å². The molecule has 1 aliphatic heterocycles. The molecule has 1 aromatic carbocycles. The molecule has 0 bridgehead atoms. The second-order valence-electron chi connectivity index (χ2n) is 7.89. The Balaban J connectivity index is 1.67. The molecule has 1 saturated heterocycles. The average molecular weight is 343 g/mol. The monoisotopic (exact) mass is 343 g/mol. The number of amides is 1. The molecule has 1 unspecified atom stereocenters. The van der Waals surface area contributed by atoms with Gasteiger partial charge in [0.2, 0.25) is 5.91 Å². The van der Waals surface area contributed by atoms with E-state index in [1.165, 1.54) is 0 Å². The molecular formula is C20H25NO4. The van der Waals surface area contributed by atoms with Gasteiger partial charge in [-0.3, -0.25) is 4.79 Å². The molecule has 25 heavy (non-hydrogen) atoms. The van der Waals surface area contributed by atoms with Crippen LogP contribution in [-0.2, 0) is 19.7 Å². The van der Waals surface area contributed by atoms with E-state index in [4.69, 9.17) is 4.74 Å². The van der Waals surface area contributed by atoms with E-state index in [1.54, 1.807) is 0 Å². The van der Waals surface area contributed by atoms with Gasteiger partial charge in [0.1, 0.15) is 5.54 Å². The average Bonchev–Trinajstić information content (AvgIpc) is 3.04. The quantitative estimate of drug-likeness (QED) is 0.881. The third-order valence-electron chi connectivity index (χ3n) is 6.71. The lowest BCUT2D eigenvalue weighted by Gasteiger charge is -2.36. The second kappa shape index (κ2) is 5.84. The lowest BCUT2D eigenvalue weighted by atomic mass is 9.82. The van der Waals surface area contributed by atoms with Crippen LogP contribution in [0.2, 0.25) is 0 Å². The number of ether oxygens (including phenoxy) is 1. The van der Waals surface area contributed by atoms with Crippen molar-refractivity contribution >= 4 is 11.9 Å². The van der Waals surface area contributed by atoms with Crippen molar-refractivity contribution in [2.75, 3.05) is 13.2 Å². The molecule has 134 valence electrons. The van der Waals surface area contributed by atoms with Gasteiger partial charge in [0.15, 0.2) is 0 Å². The molecule has 4 rings (SSSR count). The van der Waals surface area contributed by atoms with Gasteiger partial charge in [0.05, 0.1) is 5.41 Å². The van der Waals surface area contributed by atoms with Gasteiger partial charge in [-0.2, -0.15) is 0 Å². The van der Waals surface area contributed by atoms with Crippen molar-refractivity contribution in [1.29, 1.82) is 0 Å². The van der Waals surface area contributed by atoms with Crippen molar-refractivity contribution < 1.29 is 19.4 Å². The van der Waals surface area contributed by atoms with E-state index in [9.17, 15) is 14.7 Å². The first-order chi connectivity index (χ1) is 12.0. The highest BCUT2D eigenvalue weighted by Gasteiger charge is 2.72. The summed E-state index contributed by atoms with van der Waals surface area (Å²) in [7, 11) is 0. The van der Waals surface area contributed by atoms with E-state index in [1.807, 2.05) is 30.3 Å². The molecule has 2 N–H and O–H groups in total. The Morgan fingerprint density at radius 2 is 1.64 bits per heavy atom. The number of hydrogen-bond acceptors (Lipinski definition) is 3. The molecule has 0 radical (unpaired) electrons. The molecule has 1 aromatic rings. The molecule has 1 heterocycles. The predicted octanol–water partition coefficient (Wildman–Crippen LogP) is 2.64. The minimum atomic E-state index is -1.19. The largest absolute Gasteiger partial charge is 0.480 e. The summed E-state index contributed by atoms with van der Waals surface area (Å²) in [6.07, 6.45) is 5.90. The summed E-state index contributed by atoms with van der Waals surface area (Å²) < 4.78 is 5.32. The zero-order valence-electron chi connectivity index (χ0n) is 14.4. The van der Waals surface area contributed by atoms with Crippen molar-refractivity contribution in [1.82, 2.24) is 5.32 Å². The van der Waals surface area contributed by atoms with Crippen LogP contribution in [0.25, 0.3) is 0 Å². The van der Waals surface area contributed by atoms with Gasteiger partial charge in [0.25, 0.3) is 0 Å². The molecule has 1 spiro atoms. The van der Waals surface area contributed by atoms with E-state index in [-0.39, 0.29) is 11.3 Å². The highest BCUT2D eigenvalue weighted by Crippen LogP contribution is 2.72. The first-order valence-electron chi connectivity index (χ1n) is 9.24. The Bertz CT molecular complexity index is 674. The van der Waals surface area contributed by atoms with Crippen molar-refractivity contribution in [3.05, 3.63) is 35.9 Å². The molecule has 5 heteroatoms. The number of carbonyl (C=O) groups excluding carboxylic acids is 1. The lowest BCUT2D eigenvalue weighted by Crippen LogP contribution is -2.60. The predicted molar refractivity (Wildman–Crippen MR) is 92.2 cm³/mol. The normalized spacial score (nSPS) is 29.3. The number of aliphatic carboxylic acids is 1. The maximum absolute atomic E-state index is 13.5. The maximum Gasteiger partial charge on any atom is 0.329 e. The van der Waals surface area contributed by atoms with Crippen LogP contribution in [0, 0.1) is 5.41 Å². The van der Waals surface area contributed by atoms with Crippen molar-refractivity contribution in [3.63, 3.8) is 0 Å². The summed E-state index contributed by atoms with van der Waals surface area (Å²) >= 11 is 0. The fourth-order valence-corrected chi connectivity index (χ4v) is 5.14. The molecule has 5 nitrogen and oxygen atoms in total. The molecule has 2 saturated carbocycles. The summed E-state index contributed by atoms with van der Waals surface area (Å²) in [6, 6.07) is 9.92. The van der Waals surface area contributed by atoms with Crippen LogP contribution in [0.4, 0.5) is 0 Å². The van der Waals surface area contributed by atoms with Crippen LogP contribution in [0.1, 0.15) is 50.5 Å². The number of carboxylic acid groups (broad SMARTS) is 1. The van der Waals surface area contributed by atoms with Crippen LogP contribution in [0.3, 0.4) is 0 Å². The fraction of sp³-hybridized carbons (Fsp3) is 0.600. The first kappa shape index (κ1) is 16.6. The van der Waals surface area contributed by atoms with Crippen LogP contribution < -0.4 is 5.32 Å². The summed E-state index contributed by atoms with van der Waals surface area (Å²) in [5.41, 5.74) is -0.712. The summed E-state index contributed by atoms with van der Waals surface area (Å²) in [6.45, 7) is 0.742. The second-order valence-corrected chi connectivity index (χ2v) is 7.89. The van der Waals surface area contributed by atoms with E-state index in [0.29, 0.717) is 26.1 Å². The number of rotatable bonds is 4. The molecule has 1 atom stereocenters. The van der Waals surface area contributed by atoms with E-state index >= 15 is 0 Å². The first-order valence-corrected chi connectivity index (χ1v) is 9.24. The Labute approximate surface area is 147 Å². The Morgan fingerprint density at radius 3 is 2.24 bits per heavy atom. The molecule has 0 aromatic heterocycles. The number of nitrogens with one attached hydrogen (secondary N) is 1. The molecule has 3 fully saturated rings. The highest BCUT2D eigenvalue weighted by molar-refractivity contribution is 5.97. The standard InChI is InChI=1S/C20H25NO4/c22-16(21-19(17(23)24)10-12-25-13-11-19)20(15-6-2-1-3-7-15)14-18(20)8-4-5-9-18/h1-3,6-7H,4-5,8-14H2,(H,21,22)(H,23,24). The van der Waals surface area contributed by atoms with Gasteiger partial charge in [-0.1, -0.05) is 43.2 Å².